The first-order chi connectivity index (χ1) is 8.76. The van der Waals surface area contributed by atoms with Gasteiger partial charge in [0.25, 0.3) is 0 Å². The van der Waals surface area contributed by atoms with Crippen molar-refractivity contribution in [2.45, 2.75) is 13.0 Å². The molecule has 3 nitrogen and oxygen atoms in total. The average Bonchev–Trinajstić information content (AvgIpc) is 2.40. The van der Waals surface area contributed by atoms with Gasteiger partial charge in [-0.05, 0) is 42.7 Å². The topological polar surface area (TPSA) is 30.5 Å². The van der Waals surface area contributed by atoms with E-state index in [1.165, 1.54) is 5.56 Å². The van der Waals surface area contributed by atoms with Crippen LogP contribution in [0.3, 0.4) is 0 Å². The van der Waals surface area contributed by atoms with Crippen LogP contribution in [-0.2, 0) is 0 Å². The van der Waals surface area contributed by atoms with E-state index in [4.69, 9.17) is 9.47 Å². The van der Waals surface area contributed by atoms with Crippen molar-refractivity contribution in [3.8, 4) is 11.5 Å². The van der Waals surface area contributed by atoms with Crippen LogP contribution in [-0.4, -0.2) is 32.3 Å². The molecule has 2 rings (SSSR count). The Morgan fingerprint density at radius 3 is 2.67 bits per heavy atom. The molecular weight excluding hydrogens is 246 g/mol. The number of hydrogen-bond donors (Lipinski definition) is 1. The molecule has 0 amide bonds. The molecule has 100 valence electrons. The smallest absolute Gasteiger partial charge is 0.161 e. The number of nitrogens with one attached hydrogen (secondary N) is 1. The number of benzene rings is 1. The van der Waals surface area contributed by atoms with Gasteiger partial charge >= 0.3 is 0 Å². The summed E-state index contributed by atoms with van der Waals surface area (Å²) in [5, 5.41) is 3.40. The SMILES string of the molecule is CNC(c1ccc2c(c1)OCCO2)C(C)CSC. The third-order valence-electron chi connectivity index (χ3n) is 3.23. The Morgan fingerprint density at radius 2 is 2.00 bits per heavy atom. The van der Waals surface area contributed by atoms with E-state index in [2.05, 4.69) is 30.6 Å². The van der Waals surface area contributed by atoms with Crippen LogP contribution in [0.15, 0.2) is 18.2 Å². The Morgan fingerprint density at radius 1 is 1.28 bits per heavy atom. The molecule has 2 unspecified atom stereocenters. The summed E-state index contributed by atoms with van der Waals surface area (Å²) in [6.07, 6.45) is 2.15. The first-order valence-corrected chi connectivity index (χ1v) is 7.71. The maximum atomic E-state index is 5.64. The summed E-state index contributed by atoms with van der Waals surface area (Å²) in [7, 11) is 2.01. The third kappa shape index (κ3) is 2.93. The van der Waals surface area contributed by atoms with Crippen molar-refractivity contribution >= 4 is 11.8 Å². The highest BCUT2D eigenvalue weighted by atomic mass is 32.2. The monoisotopic (exact) mass is 267 g/mol. The summed E-state index contributed by atoms with van der Waals surface area (Å²) in [6.45, 7) is 3.56. The molecule has 1 aromatic carbocycles. The van der Waals surface area contributed by atoms with E-state index in [1.807, 2.05) is 24.9 Å². The lowest BCUT2D eigenvalue weighted by Crippen LogP contribution is -2.25. The van der Waals surface area contributed by atoms with Crippen LogP contribution < -0.4 is 14.8 Å². The van der Waals surface area contributed by atoms with Gasteiger partial charge in [-0.2, -0.15) is 11.8 Å². The van der Waals surface area contributed by atoms with Crippen molar-refractivity contribution in [2.24, 2.45) is 5.92 Å². The van der Waals surface area contributed by atoms with Gasteiger partial charge in [0.05, 0.1) is 0 Å². The molecule has 4 heteroatoms. The summed E-state index contributed by atoms with van der Waals surface area (Å²) >= 11 is 1.88. The van der Waals surface area contributed by atoms with Gasteiger partial charge in [0, 0.05) is 6.04 Å². The minimum Gasteiger partial charge on any atom is -0.486 e. The van der Waals surface area contributed by atoms with E-state index in [0.717, 1.165) is 17.3 Å². The Balaban J connectivity index is 2.20. The predicted octanol–water partition coefficient (Wildman–Crippen LogP) is 2.72. The van der Waals surface area contributed by atoms with Gasteiger partial charge in [-0.15, -0.1) is 0 Å². The zero-order chi connectivity index (χ0) is 13.0. The minimum atomic E-state index is 0.355. The molecular formula is C14H21NO2S. The Labute approximate surface area is 113 Å². The normalized spacial score (nSPS) is 17.3. The Bertz CT molecular complexity index is 397. The lowest BCUT2D eigenvalue weighted by atomic mass is 9.95. The molecule has 1 N–H and O–H groups in total. The van der Waals surface area contributed by atoms with Crippen LogP contribution in [0.2, 0.25) is 0 Å². The quantitative estimate of drug-likeness (QED) is 0.888. The first-order valence-electron chi connectivity index (χ1n) is 6.32. The van der Waals surface area contributed by atoms with E-state index in [0.29, 0.717) is 25.2 Å². The molecule has 0 spiro atoms. The number of fused-ring (bicyclic) bond motifs is 1. The highest BCUT2D eigenvalue weighted by Gasteiger charge is 2.20. The van der Waals surface area contributed by atoms with Crippen molar-refractivity contribution in [3.63, 3.8) is 0 Å². The Hall–Kier alpha value is -0.870. The molecule has 0 saturated heterocycles. The lowest BCUT2D eigenvalue weighted by molar-refractivity contribution is 0.171. The fraction of sp³-hybridized carbons (Fsp3) is 0.571. The van der Waals surface area contributed by atoms with Gasteiger partial charge in [0.1, 0.15) is 13.2 Å². The van der Waals surface area contributed by atoms with Crippen LogP contribution in [0.4, 0.5) is 0 Å². The molecule has 1 heterocycles. The zero-order valence-electron chi connectivity index (χ0n) is 11.2. The molecule has 1 aromatic rings. The van der Waals surface area contributed by atoms with E-state index in [9.17, 15) is 0 Å². The van der Waals surface area contributed by atoms with Gasteiger partial charge in [-0.1, -0.05) is 13.0 Å². The molecule has 18 heavy (non-hydrogen) atoms. The van der Waals surface area contributed by atoms with Crippen molar-refractivity contribution in [3.05, 3.63) is 23.8 Å². The fourth-order valence-electron chi connectivity index (χ4n) is 2.39. The highest BCUT2D eigenvalue weighted by molar-refractivity contribution is 7.98. The zero-order valence-corrected chi connectivity index (χ0v) is 12.0. The molecule has 0 bridgehead atoms. The maximum absolute atomic E-state index is 5.64. The summed E-state index contributed by atoms with van der Waals surface area (Å²) in [4.78, 5) is 0. The van der Waals surface area contributed by atoms with E-state index < -0.39 is 0 Å². The second-order valence-corrected chi connectivity index (χ2v) is 5.51. The molecule has 0 fully saturated rings. The van der Waals surface area contributed by atoms with Gasteiger partial charge in [0.15, 0.2) is 11.5 Å². The van der Waals surface area contributed by atoms with Gasteiger partial charge in [-0.25, -0.2) is 0 Å². The molecule has 1 aliphatic rings. The van der Waals surface area contributed by atoms with Crippen LogP contribution in [0.5, 0.6) is 11.5 Å². The second-order valence-electron chi connectivity index (χ2n) is 4.60. The molecule has 0 aliphatic carbocycles. The summed E-state index contributed by atoms with van der Waals surface area (Å²) < 4.78 is 11.2. The standard InChI is InChI=1S/C14H21NO2S/c1-10(9-18-3)14(15-2)11-4-5-12-13(8-11)17-7-6-16-12/h4-5,8,10,14-15H,6-7,9H2,1-3H3. The minimum absolute atomic E-state index is 0.355. The molecule has 0 saturated carbocycles. The largest absolute Gasteiger partial charge is 0.486 e. The lowest BCUT2D eigenvalue weighted by Gasteiger charge is -2.25. The fourth-order valence-corrected chi connectivity index (χ4v) is 3.11. The number of thioether (sulfide) groups is 1. The van der Waals surface area contributed by atoms with Crippen molar-refractivity contribution in [1.82, 2.24) is 5.32 Å². The van der Waals surface area contributed by atoms with Crippen LogP contribution in [0.1, 0.15) is 18.5 Å². The van der Waals surface area contributed by atoms with Crippen molar-refractivity contribution < 1.29 is 9.47 Å². The second kappa shape index (κ2) is 6.34. The van der Waals surface area contributed by atoms with Crippen molar-refractivity contribution in [2.75, 3.05) is 32.3 Å². The first kappa shape index (κ1) is 13.6. The highest BCUT2D eigenvalue weighted by Crippen LogP contribution is 2.34. The maximum Gasteiger partial charge on any atom is 0.161 e. The van der Waals surface area contributed by atoms with Gasteiger partial charge in [0.2, 0.25) is 0 Å². The van der Waals surface area contributed by atoms with E-state index in [1.54, 1.807) is 0 Å². The number of hydrogen-bond acceptors (Lipinski definition) is 4. The van der Waals surface area contributed by atoms with E-state index in [-0.39, 0.29) is 0 Å². The van der Waals surface area contributed by atoms with Crippen molar-refractivity contribution in [1.29, 1.82) is 0 Å². The summed E-state index contributed by atoms with van der Waals surface area (Å²) in [5.41, 5.74) is 1.27. The summed E-state index contributed by atoms with van der Waals surface area (Å²) in [6, 6.07) is 6.60. The molecule has 1 aliphatic heterocycles. The Kier molecular flexibility index (Phi) is 4.78. The predicted molar refractivity (Wildman–Crippen MR) is 76.8 cm³/mol. The van der Waals surface area contributed by atoms with Crippen LogP contribution >= 0.6 is 11.8 Å². The number of rotatable bonds is 5. The van der Waals surface area contributed by atoms with E-state index >= 15 is 0 Å². The van der Waals surface area contributed by atoms with Crippen LogP contribution in [0.25, 0.3) is 0 Å². The van der Waals surface area contributed by atoms with Gasteiger partial charge < -0.3 is 14.8 Å². The third-order valence-corrected chi connectivity index (χ3v) is 4.09. The molecule has 2 atom stereocenters. The average molecular weight is 267 g/mol. The van der Waals surface area contributed by atoms with Crippen LogP contribution in [0, 0.1) is 5.92 Å². The molecule has 0 aromatic heterocycles. The van der Waals surface area contributed by atoms with Gasteiger partial charge in [-0.3, -0.25) is 0 Å². The summed E-state index contributed by atoms with van der Waals surface area (Å²) in [5.74, 6) is 3.44. The molecule has 0 radical (unpaired) electrons. The number of ether oxygens (including phenoxy) is 2.